The summed E-state index contributed by atoms with van der Waals surface area (Å²) in [6.07, 6.45) is 7.18. The van der Waals surface area contributed by atoms with E-state index in [4.69, 9.17) is 9.29 Å². The summed E-state index contributed by atoms with van der Waals surface area (Å²) in [6.45, 7) is 2.20. The summed E-state index contributed by atoms with van der Waals surface area (Å²) in [7, 11) is -4.39. The van der Waals surface area contributed by atoms with Crippen LogP contribution in [0.2, 0.25) is 0 Å². The molecule has 2 aromatic rings. The number of ether oxygens (including phenoxy) is 1. The molecule has 0 radical (unpaired) electrons. The van der Waals surface area contributed by atoms with Crippen molar-refractivity contribution in [3.05, 3.63) is 48.0 Å². The Bertz CT molecular complexity index is 788. The van der Waals surface area contributed by atoms with Crippen LogP contribution in [0, 0.1) is 0 Å². The summed E-state index contributed by atoms with van der Waals surface area (Å²) in [4.78, 5) is -0.441. The molecule has 0 aliphatic rings. The van der Waals surface area contributed by atoms with Gasteiger partial charge in [0.25, 0.3) is 10.1 Å². The number of benzene rings is 2. The molecule has 0 bridgehead atoms. The Kier molecular flexibility index (Phi) is 10.4. The maximum Gasteiger partial charge on any atom is 1.00 e. The van der Waals surface area contributed by atoms with Crippen LogP contribution < -0.4 is 61.2 Å². The SMILES string of the molecule is CCCCCCCc1ccc(Oc2ccc(S(=O)(=O)O)cc2[O-])cc1.[K+]. The fraction of sp³-hybridized carbons (Fsp3) is 0.368. The summed E-state index contributed by atoms with van der Waals surface area (Å²) in [5.41, 5.74) is 1.22. The van der Waals surface area contributed by atoms with Crippen molar-refractivity contribution in [2.45, 2.75) is 50.3 Å². The molecule has 0 heterocycles. The predicted octanol–water partition coefficient (Wildman–Crippen LogP) is 1.32. The van der Waals surface area contributed by atoms with Gasteiger partial charge in [-0.25, -0.2) is 0 Å². The molecule has 26 heavy (non-hydrogen) atoms. The first-order valence-electron chi connectivity index (χ1n) is 8.45. The van der Waals surface area contributed by atoms with Gasteiger partial charge in [-0.2, -0.15) is 8.42 Å². The molecule has 0 aromatic heterocycles. The minimum atomic E-state index is -4.39. The van der Waals surface area contributed by atoms with E-state index in [2.05, 4.69) is 6.92 Å². The Morgan fingerprint density at radius 3 is 2.23 bits per heavy atom. The van der Waals surface area contributed by atoms with Crippen molar-refractivity contribution in [3.8, 4) is 17.2 Å². The van der Waals surface area contributed by atoms with E-state index in [9.17, 15) is 13.5 Å². The van der Waals surface area contributed by atoms with Crippen LogP contribution in [0.5, 0.6) is 17.2 Å². The molecule has 5 nitrogen and oxygen atoms in total. The third-order valence-electron chi connectivity index (χ3n) is 3.93. The van der Waals surface area contributed by atoms with Gasteiger partial charge < -0.3 is 9.84 Å². The van der Waals surface area contributed by atoms with Crippen molar-refractivity contribution in [2.75, 3.05) is 0 Å². The molecule has 0 aliphatic carbocycles. The second-order valence-electron chi connectivity index (χ2n) is 5.99. The first-order valence-corrected chi connectivity index (χ1v) is 9.89. The summed E-state index contributed by atoms with van der Waals surface area (Å²) < 4.78 is 36.5. The van der Waals surface area contributed by atoms with Crippen LogP contribution in [0.15, 0.2) is 47.4 Å². The van der Waals surface area contributed by atoms with Crippen LogP contribution in [0.25, 0.3) is 0 Å². The first-order chi connectivity index (χ1) is 11.9. The van der Waals surface area contributed by atoms with Crippen LogP contribution in [0.4, 0.5) is 0 Å². The molecule has 0 saturated heterocycles. The normalized spacial score (nSPS) is 11.0. The average Bonchev–Trinajstić information content (AvgIpc) is 2.57. The molecule has 2 aromatic carbocycles. The van der Waals surface area contributed by atoms with Gasteiger partial charge >= 0.3 is 51.4 Å². The summed E-state index contributed by atoms with van der Waals surface area (Å²) in [5.74, 6) is -0.0821. The Balaban J connectivity index is 0.00000338. The van der Waals surface area contributed by atoms with Crippen LogP contribution in [-0.2, 0) is 16.5 Å². The molecule has 0 unspecified atom stereocenters. The fourth-order valence-electron chi connectivity index (χ4n) is 2.52. The topological polar surface area (TPSA) is 86.7 Å². The quantitative estimate of drug-likeness (QED) is 0.388. The van der Waals surface area contributed by atoms with Crippen molar-refractivity contribution in [3.63, 3.8) is 0 Å². The number of aryl methyl sites for hydroxylation is 1. The minimum absolute atomic E-state index is 0. The van der Waals surface area contributed by atoms with Crippen LogP contribution in [0.3, 0.4) is 0 Å². The molecule has 1 N–H and O–H groups in total. The van der Waals surface area contributed by atoms with E-state index in [0.717, 1.165) is 25.0 Å². The van der Waals surface area contributed by atoms with E-state index in [0.29, 0.717) is 5.75 Å². The van der Waals surface area contributed by atoms with Gasteiger partial charge in [0.2, 0.25) is 0 Å². The number of hydrogen-bond donors (Lipinski definition) is 1. The van der Waals surface area contributed by atoms with Gasteiger partial charge in [0.15, 0.2) is 0 Å². The van der Waals surface area contributed by atoms with Crippen molar-refractivity contribution in [1.29, 1.82) is 0 Å². The van der Waals surface area contributed by atoms with Crippen molar-refractivity contribution >= 4 is 10.1 Å². The van der Waals surface area contributed by atoms with Crippen molar-refractivity contribution in [2.24, 2.45) is 0 Å². The summed E-state index contributed by atoms with van der Waals surface area (Å²) >= 11 is 0. The Hall–Kier alpha value is -0.414. The Morgan fingerprint density at radius 1 is 1.00 bits per heavy atom. The first kappa shape index (κ1) is 23.6. The van der Waals surface area contributed by atoms with Crippen molar-refractivity contribution in [1.82, 2.24) is 0 Å². The summed E-state index contributed by atoms with van der Waals surface area (Å²) in [5, 5.41) is 11.9. The van der Waals surface area contributed by atoms with Gasteiger partial charge in [0, 0.05) is 0 Å². The van der Waals surface area contributed by atoms with Crippen molar-refractivity contribution < 1.29 is 74.2 Å². The maximum atomic E-state index is 11.9. The molecular formula is C19H23KO5S. The predicted molar refractivity (Wildman–Crippen MR) is 94.7 cm³/mol. The molecule has 7 heteroatoms. The zero-order chi connectivity index (χ0) is 18.3. The Labute approximate surface area is 198 Å². The van der Waals surface area contributed by atoms with E-state index >= 15 is 0 Å². The van der Waals surface area contributed by atoms with Crippen LogP contribution in [-0.4, -0.2) is 13.0 Å². The maximum absolute atomic E-state index is 11.9. The van der Waals surface area contributed by atoms with Gasteiger partial charge in [0.05, 0.1) is 4.90 Å². The molecule has 0 amide bonds. The second-order valence-corrected chi connectivity index (χ2v) is 7.42. The largest absolute Gasteiger partial charge is 1.00 e. The van der Waals surface area contributed by atoms with E-state index in [1.54, 1.807) is 12.1 Å². The third kappa shape index (κ3) is 7.68. The molecule has 0 fully saturated rings. The zero-order valence-electron chi connectivity index (χ0n) is 15.3. The van der Waals surface area contributed by atoms with E-state index in [1.807, 2.05) is 12.1 Å². The van der Waals surface area contributed by atoms with Gasteiger partial charge in [0.1, 0.15) is 11.5 Å². The molecule has 2 rings (SSSR count). The number of rotatable bonds is 9. The smallest absolute Gasteiger partial charge is 0.870 e. The monoisotopic (exact) mass is 402 g/mol. The Morgan fingerprint density at radius 2 is 1.65 bits per heavy atom. The van der Waals surface area contributed by atoms with Gasteiger partial charge in [-0.05, 0) is 48.7 Å². The fourth-order valence-corrected chi connectivity index (χ4v) is 3.01. The molecule has 0 saturated carbocycles. The van der Waals surface area contributed by atoms with E-state index < -0.39 is 20.8 Å². The molecule has 0 aliphatic heterocycles. The average molecular weight is 403 g/mol. The minimum Gasteiger partial charge on any atom is -0.870 e. The molecule has 0 spiro atoms. The molecule has 0 atom stereocenters. The standard InChI is InChI=1S/C19H24O5S.K/c1-2-3-4-5-6-7-15-8-10-16(11-9-15)24-19-13-12-17(14-18(19)20)25(21,22)23;/h8-14,20H,2-7H2,1H3,(H,21,22,23);/q;+1/p-1. The van der Waals surface area contributed by atoms with Crippen LogP contribution in [0.1, 0.15) is 44.6 Å². The van der Waals surface area contributed by atoms with Crippen LogP contribution >= 0.6 is 0 Å². The molecular weight excluding hydrogens is 379 g/mol. The second kappa shape index (κ2) is 11.4. The van der Waals surface area contributed by atoms with E-state index in [-0.39, 0.29) is 57.1 Å². The summed E-state index contributed by atoms with van der Waals surface area (Å²) in [6, 6.07) is 10.7. The third-order valence-corrected chi connectivity index (χ3v) is 4.78. The zero-order valence-corrected chi connectivity index (χ0v) is 19.2. The number of hydrogen-bond acceptors (Lipinski definition) is 4. The number of unbranched alkanes of at least 4 members (excludes halogenated alkanes) is 4. The van der Waals surface area contributed by atoms with Gasteiger partial charge in [-0.3, -0.25) is 4.55 Å². The van der Waals surface area contributed by atoms with Gasteiger partial charge in [-0.1, -0.05) is 50.5 Å². The molecule has 136 valence electrons. The van der Waals surface area contributed by atoms with E-state index in [1.165, 1.54) is 37.3 Å². The van der Waals surface area contributed by atoms with Gasteiger partial charge in [-0.15, -0.1) is 0 Å².